The maximum absolute atomic E-state index is 6.20. The quantitative estimate of drug-likeness (QED) is 0.547. The van der Waals surface area contributed by atoms with Gasteiger partial charge in [-0.05, 0) is 38.5 Å². The molecule has 0 amide bonds. The average Bonchev–Trinajstić information content (AvgIpc) is 2.45. The van der Waals surface area contributed by atoms with Crippen molar-refractivity contribution in [3.05, 3.63) is 0 Å². The van der Waals surface area contributed by atoms with Gasteiger partial charge in [-0.15, -0.1) is 0 Å². The molecule has 0 bridgehead atoms. The normalized spacial score (nSPS) is 21.5. The molecule has 114 valence electrons. The van der Waals surface area contributed by atoms with Gasteiger partial charge in [-0.25, -0.2) is 0 Å². The predicted octanol–water partition coefficient (Wildman–Crippen LogP) is 4.80. The lowest BCUT2D eigenvalue weighted by atomic mass is 9.98. The fourth-order valence-corrected chi connectivity index (χ4v) is 2.94. The number of nitrogens with two attached hydrogens (primary N) is 1. The standard InChI is InChI=1S/C17H35NO/c1-2-3-4-5-6-7-8-11-16(18)13-14-17-12-9-10-15-19-17/h16-17H,2-15,18H2,1H3. The topological polar surface area (TPSA) is 35.2 Å². The van der Waals surface area contributed by atoms with E-state index in [0.717, 1.165) is 13.0 Å². The fourth-order valence-electron chi connectivity index (χ4n) is 2.94. The summed E-state index contributed by atoms with van der Waals surface area (Å²) >= 11 is 0. The van der Waals surface area contributed by atoms with Crippen LogP contribution in [0.4, 0.5) is 0 Å². The van der Waals surface area contributed by atoms with Gasteiger partial charge in [0, 0.05) is 12.6 Å². The molecule has 0 radical (unpaired) electrons. The largest absolute Gasteiger partial charge is 0.378 e. The Hall–Kier alpha value is -0.0800. The minimum atomic E-state index is 0.404. The van der Waals surface area contributed by atoms with Crippen LogP contribution in [0, 0.1) is 0 Å². The first-order valence-corrected chi connectivity index (χ1v) is 8.70. The summed E-state index contributed by atoms with van der Waals surface area (Å²) in [5, 5.41) is 0. The summed E-state index contributed by atoms with van der Waals surface area (Å²) in [5.74, 6) is 0. The van der Waals surface area contributed by atoms with Gasteiger partial charge in [0.2, 0.25) is 0 Å². The Kier molecular flexibility index (Phi) is 10.5. The molecule has 0 spiro atoms. The predicted molar refractivity (Wildman–Crippen MR) is 83.4 cm³/mol. The van der Waals surface area contributed by atoms with E-state index in [2.05, 4.69) is 6.92 Å². The van der Waals surface area contributed by atoms with Crippen LogP contribution >= 0.6 is 0 Å². The van der Waals surface area contributed by atoms with Crippen molar-refractivity contribution >= 4 is 0 Å². The van der Waals surface area contributed by atoms with Crippen LogP contribution in [0.15, 0.2) is 0 Å². The Morgan fingerprint density at radius 2 is 1.74 bits per heavy atom. The van der Waals surface area contributed by atoms with E-state index in [-0.39, 0.29) is 0 Å². The second-order valence-electron chi connectivity index (χ2n) is 6.24. The Balaban J connectivity index is 1.85. The Labute approximate surface area is 120 Å². The second kappa shape index (κ2) is 11.7. The third-order valence-electron chi connectivity index (χ3n) is 4.31. The van der Waals surface area contributed by atoms with Crippen LogP contribution in [0.3, 0.4) is 0 Å². The van der Waals surface area contributed by atoms with Crippen LogP contribution in [-0.4, -0.2) is 18.8 Å². The minimum absolute atomic E-state index is 0.404. The Morgan fingerprint density at radius 3 is 2.42 bits per heavy atom. The molecule has 2 heteroatoms. The minimum Gasteiger partial charge on any atom is -0.378 e. The highest BCUT2D eigenvalue weighted by Gasteiger charge is 2.14. The van der Waals surface area contributed by atoms with Crippen molar-refractivity contribution in [3.63, 3.8) is 0 Å². The summed E-state index contributed by atoms with van der Waals surface area (Å²) in [7, 11) is 0. The molecule has 1 aliphatic rings. The lowest BCUT2D eigenvalue weighted by molar-refractivity contribution is 0.00901. The number of unbranched alkanes of at least 4 members (excludes halogenated alkanes) is 6. The van der Waals surface area contributed by atoms with Gasteiger partial charge in [0.05, 0.1) is 6.10 Å². The van der Waals surface area contributed by atoms with Gasteiger partial charge in [0.1, 0.15) is 0 Å². The number of ether oxygens (including phenoxy) is 1. The Morgan fingerprint density at radius 1 is 1.00 bits per heavy atom. The van der Waals surface area contributed by atoms with Gasteiger partial charge in [0.15, 0.2) is 0 Å². The Bertz CT molecular complexity index is 190. The van der Waals surface area contributed by atoms with Gasteiger partial charge in [-0.3, -0.25) is 0 Å². The highest BCUT2D eigenvalue weighted by molar-refractivity contribution is 4.69. The van der Waals surface area contributed by atoms with Crippen molar-refractivity contribution < 1.29 is 4.74 Å². The first-order chi connectivity index (χ1) is 9.33. The van der Waals surface area contributed by atoms with Crippen molar-refractivity contribution in [2.75, 3.05) is 6.61 Å². The first-order valence-electron chi connectivity index (χ1n) is 8.70. The number of hydrogen-bond acceptors (Lipinski definition) is 2. The average molecular weight is 269 g/mol. The molecular formula is C17H35NO. The van der Waals surface area contributed by atoms with Crippen LogP contribution < -0.4 is 5.73 Å². The van der Waals surface area contributed by atoms with Gasteiger partial charge in [-0.2, -0.15) is 0 Å². The van der Waals surface area contributed by atoms with E-state index in [0.29, 0.717) is 12.1 Å². The highest BCUT2D eigenvalue weighted by atomic mass is 16.5. The van der Waals surface area contributed by atoms with Crippen molar-refractivity contribution in [1.82, 2.24) is 0 Å². The number of rotatable bonds is 11. The van der Waals surface area contributed by atoms with E-state index >= 15 is 0 Å². The van der Waals surface area contributed by atoms with Crippen LogP contribution in [0.1, 0.15) is 90.4 Å². The summed E-state index contributed by atoms with van der Waals surface area (Å²) in [5.41, 5.74) is 6.20. The van der Waals surface area contributed by atoms with Gasteiger partial charge >= 0.3 is 0 Å². The molecule has 0 saturated carbocycles. The molecular weight excluding hydrogens is 234 g/mol. The molecule has 0 aromatic heterocycles. The van der Waals surface area contributed by atoms with Crippen molar-refractivity contribution in [2.24, 2.45) is 5.73 Å². The molecule has 0 aromatic carbocycles. The van der Waals surface area contributed by atoms with Gasteiger partial charge in [0.25, 0.3) is 0 Å². The zero-order valence-electron chi connectivity index (χ0n) is 13.0. The maximum atomic E-state index is 6.20. The molecule has 1 heterocycles. The van der Waals surface area contributed by atoms with E-state index in [1.54, 1.807) is 0 Å². The molecule has 1 fully saturated rings. The summed E-state index contributed by atoms with van der Waals surface area (Å²) in [6.45, 7) is 3.24. The highest BCUT2D eigenvalue weighted by Crippen LogP contribution is 2.18. The molecule has 2 nitrogen and oxygen atoms in total. The van der Waals surface area contributed by atoms with E-state index < -0.39 is 0 Å². The summed E-state index contributed by atoms with van der Waals surface area (Å²) < 4.78 is 5.75. The molecule has 2 unspecified atom stereocenters. The number of hydrogen-bond donors (Lipinski definition) is 1. The van der Waals surface area contributed by atoms with Crippen LogP contribution in [0.2, 0.25) is 0 Å². The summed E-state index contributed by atoms with van der Waals surface area (Å²) in [6.07, 6.45) is 17.6. The molecule has 1 rings (SSSR count). The molecule has 0 aliphatic carbocycles. The third kappa shape index (κ3) is 9.45. The van der Waals surface area contributed by atoms with E-state index in [1.165, 1.54) is 77.0 Å². The third-order valence-corrected chi connectivity index (χ3v) is 4.31. The van der Waals surface area contributed by atoms with Crippen molar-refractivity contribution in [1.29, 1.82) is 0 Å². The van der Waals surface area contributed by atoms with Crippen LogP contribution in [0.25, 0.3) is 0 Å². The molecule has 2 atom stereocenters. The monoisotopic (exact) mass is 269 g/mol. The van der Waals surface area contributed by atoms with E-state index in [1.807, 2.05) is 0 Å². The molecule has 0 aromatic rings. The van der Waals surface area contributed by atoms with E-state index in [4.69, 9.17) is 10.5 Å². The lowest BCUT2D eigenvalue weighted by Gasteiger charge is -2.23. The second-order valence-corrected chi connectivity index (χ2v) is 6.24. The summed E-state index contributed by atoms with van der Waals surface area (Å²) in [6, 6.07) is 0.404. The van der Waals surface area contributed by atoms with Crippen molar-refractivity contribution in [3.8, 4) is 0 Å². The SMILES string of the molecule is CCCCCCCCCC(N)CCC1CCCCO1. The first kappa shape index (κ1) is 17.0. The molecule has 1 saturated heterocycles. The maximum Gasteiger partial charge on any atom is 0.0575 e. The zero-order chi connectivity index (χ0) is 13.8. The van der Waals surface area contributed by atoms with Crippen LogP contribution in [0.5, 0.6) is 0 Å². The molecule has 1 aliphatic heterocycles. The van der Waals surface area contributed by atoms with Crippen LogP contribution in [-0.2, 0) is 4.74 Å². The zero-order valence-corrected chi connectivity index (χ0v) is 13.0. The van der Waals surface area contributed by atoms with Gasteiger partial charge in [-0.1, -0.05) is 51.9 Å². The van der Waals surface area contributed by atoms with E-state index in [9.17, 15) is 0 Å². The summed E-state index contributed by atoms with van der Waals surface area (Å²) in [4.78, 5) is 0. The van der Waals surface area contributed by atoms with Crippen molar-refractivity contribution in [2.45, 2.75) is 103 Å². The fraction of sp³-hybridized carbons (Fsp3) is 1.00. The molecule has 2 N–H and O–H groups in total. The molecule has 19 heavy (non-hydrogen) atoms. The smallest absolute Gasteiger partial charge is 0.0575 e. The lowest BCUT2D eigenvalue weighted by Crippen LogP contribution is -2.25. The van der Waals surface area contributed by atoms with Gasteiger partial charge < -0.3 is 10.5 Å².